The lowest BCUT2D eigenvalue weighted by Gasteiger charge is -2.02. The smallest absolute Gasteiger partial charge is 0.330 e. The van der Waals surface area contributed by atoms with Gasteiger partial charge in [-0.3, -0.25) is 0 Å². The summed E-state index contributed by atoms with van der Waals surface area (Å²) in [6.07, 6.45) is 12.1. The van der Waals surface area contributed by atoms with Crippen LogP contribution in [0.5, 0.6) is 0 Å². The molecule has 0 atom stereocenters. The maximum atomic E-state index is 10.7. The minimum Gasteiger partial charge on any atom is -0.478 e. The molecule has 0 aliphatic carbocycles. The van der Waals surface area contributed by atoms with Gasteiger partial charge in [-0.1, -0.05) is 71.6 Å². The molecular weight excluding hydrogens is 336 g/mol. The van der Waals surface area contributed by atoms with E-state index in [-0.39, 0.29) is 11.5 Å². The number of carbonyl (C=O) groups is 3. The Hall–Kier alpha value is -2.37. The van der Waals surface area contributed by atoms with Gasteiger partial charge >= 0.3 is 17.9 Å². The molecule has 26 heavy (non-hydrogen) atoms. The van der Waals surface area contributed by atoms with E-state index in [1.165, 1.54) is 51.5 Å². The summed E-state index contributed by atoms with van der Waals surface area (Å²) in [4.78, 5) is 29.5. The molecule has 0 unspecified atom stereocenters. The van der Waals surface area contributed by atoms with E-state index in [1.54, 1.807) is 0 Å². The molecule has 6 nitrogen and oxygen atoms in total. The van der Waals surface area contributed by atoms with Crippen LogP contribution in [0.25, 0.3) is 0 Å². The second-order valence-corrected chi connectivity index (χ2v) is 5.47. The number of unbranched alkanes of at least 4 members (excludes halogenated alkanes) is 7. The zero-order valence-corrected chi connectivity index (χ0v) is 16.2. The highest BCUT2D eigenvalue weighted by Crippen LogP contribution is 2.08. The minimum atomic E-state index is -0.981. The summed E-state index contributed by atoms with van der Waals surface area (Å²) in [6, 6.07) is 0. The van der Waals surface area contributed by atoms with E-state index >= 15 is 0 Å². The molecule has 0 saturated heterocycles. The highest BCUT2D eigenvalue weighted by atomic mass is 16.5. The fourth-order valence-electron chi connectivity index (χ4n) is 1.47. The molecule has 0 amide bonds. The minimum absolute atomic E-state index is 0.176. The predicted octanol–water partition coefficient (Wildman–Crippen LogP) is 4.76. The zero-order chi connectivity index (χ0) is 20.8. The second kappa shape index (κ2) is 22.6. The Kier molecular flexibility index (Phi) is 24.7. The summed E-state index contributed by atoms with van der Waals surface area (Å²) in [5.74, 6) is -2.22. The van der Waals surface area contributed by atoms with Gasteiger partial charge in [0.05, 0.1) is 6.61 Å². The van der Waals surface area contributed by atoms with Gasteiger partial charge in [0.1, 0.15) is 0 Å². The lowest BCUT2D eigenvalue weighted by molar-refractivity contribution is -0.138. The van der Waals surface area contributed by atoms with Crippen LogP contribution in [0.4, 0.5) is 0 Å². The number of carboxylic acid groups (broad SMARTS) is 2. The highest BCUT2D eigenvalue weighted by Gasteiger charge is 1.95. The van der Waals surface area contributed by atoms with E-state index in [4.69, 9.17) is 14.9 Å². The average Bonchev–Trinajstić information content (AvgIpc) is 2.60. The van der Waals surface area contributed by atoms with Crippen LogP contribution >= 0.6 is 0 Å². The van der Waals surface area contributed by atoms with Gasteiger partial charge in [-0.15, -0.1) is 0 Å². The van der Waals surface area contributed by atoms with Gasteiger partial charge in [0, 0.05) is 17.7 Å². The van der Waals surface area contributed by atoms with Gasteiger partial charge in [0.25, 0.3) is 0 Å². The number of carbonyl (C=O) groups excluding carboxylic acids is 1. The summed E-state index contributed by atoms with van der Waals surface area (Å²) < 4.78 is 4.88. The Morgan fingerprint density at radius 2 is 1.27 bits per heavy atom. The van der Waals surface area contributed by atoms with Gasteiger partial charge in [0.2, 0.25) is 0 Å². The Bertz CT molecular complexity index is 414. The highest BCUT2D eigenvalue weighted by molar-refractivity contribution is 5.84. The second-order valence-electron chi connectivity index (χ2n) is 5.47. The van der Waals surface area contributed by atoms with Crippen molar-refractivity contribution in [2.24, 2.45) is 0 Å². The first-order valence-corrected chi connectivity index (χ1v) is 8.76. The Morgan fingerprint density at radius 1 is 0.885 bits per heavy atom. The monoisotopic (exact) mass is 370 g/mol. The molecule has 0 aromatic rings. The van der Waals surface area contributed by atoms with Crippen LogP contribution in [-0.4, -0.2) is 34.7 Å². The number of carboxylic acids is 2. The van der Waals surface area contributed by atoms with Crippen LogP contribution in [0.2, 0.25) is 0 Å². The standard InChI is InChI=1S/C13H24O2.C4H6O2.C3H4O2/c1-3-5-6-7-8-9-10-11-12-15-13(14)4-2;1-3(2)4(5)6;1-2-3(4)5/h4H,2-3,5-12H2,1H3;1H2,2H3,(H,5,6);2H,1H2,(H,4,5). The third-order valence-corrected chi connectivity index (χ3v) is 2.95. The molecule has 0 fully saturated rings. The van der Waals surface area contributed by atoms with E-state index in [0.717, 1.165) is 18.9 Å². The molecule has 0 saturated carbocycles. The molecule has 0 radical (unpaired) electrons. The molecule has 0 heterocycles. The van der Waals surface area contributed by atoms with E-state index < -0.39 is 11.9 Å². The first-order chi connectivity index (χ1) is 12.2. The Morgan fingerprint density at radius 3 is 1.58 bits per heavy atom. The van der Waals surface area contributed by atoms with E-state index in [1.807, 2.05) is 0 Å². The molecule has 0 aromatic carbocycles. The lowest BCUT2D eigenvalue weighted by atomic mass is 10.1. The Labute approximate surface area is 157 Å². The maximum Gasteiger partial charge on any atom is 0.330 e. The summed E-state index contributed by atoms with van der Waals surface area (Å²) in [5.41, 5.74) is 0.176. The first-order valence-electron chi connectivity index (χ1n) is 8.76. The Balaban J connectivity index is -0.000000394. The van der Waals surface area contributed by atoms with Crippen molar-refractivity contribution in [1.82, 2.24) is 0 Å². The first kappa shape index (κ1) is 28.4. The number of rotatable bonds is 12. The van der Waals surface area contributed by atoms with E-state index in [0.29, 0.717) is 6.61 Å². The molecular formula is C20H34O6. The normalized spacial score (nSPS) is 8.69. The van der Waals surface area contributed by atoms with Crippen molar-refractivity contribution in [2.45, 2.75) is 65.2 Å². The number of ether oxygens (including phenoxy) is 1. The molecule has 150 valence electrons. The van der Waals surface area contributed by atoms with Crippen LogP contribution in [0.1, 0.15) is 65.2 Å². The summed E-state index contributed by atoms with van der Waals surface area (Å²) >= 11 is 0. The largest absolute Gasteiger partial charge is 0.478 e. The summed E-state index contributed by atoms with van der Waals surface area (Å²) in [5, 5.41) is 15.5. The van der Waals surface area contributed by atoms with Crippen molar-refractivity contribution < 1.29 is 29.3 Å². The van der Waals surface area contributed by atoms with Gasteiger partial charge in [0.15, 0.2) is 0 Å². The van der Waals surface area contributed by atoms with Crippen LogP contribution in [0, 0.1) is 0 Å². The summed E-state index contributed by atoms with van der Waals surface area (Å²) in [6.45, 7) is 13.7. The van der Waals surface area contributed by atoms with Crippen molar-refractivity contribution in [2.75, 3.05) is 6.61 Å². The third-order valence-electron chi connectivity index (χ3n) is 2.95. The topological polar surface area (TPSA) is 101 Å². The zero-order valence-electron chi connectivity index (χ0n) is 16.2. The van der Waals surface area contributed by atoms with Crippen LogP contribution < -0.4 is 0 Å². The fraction of sp³-hybridized carbons (Fsp3) is 0.550. The van der Waals surface area contributed by atoms with Crippen LogP contribution in [0.15, 0.2) is 37.5 Å². The molecule has 0 aliphatic heterocycles. The molecule has 0 aromatic heterocycles. The van der Waals surface area contributed by atoms with E-state index in [9.17, 15) is 14.4 Å². The maximum absolute atomic E-state index is 10.7. The number of hydrogen-bond acceptors (Lipinski definition) is 4. The quantitative estimate of drug-likeness (QED) is 0.292. The van der Waals surface area contributed by atoms with Crippen molar-refractivity contribution in [3.63, 3.8) is 0 Å². The van der Waals surface area contributed by atoms with Crippen molar-refractivity contribution in [3.8, 4) is 0 Å². The van der Waals surface area contributed by atoms with E-state index in [2.05, 4.69) is 26.7 Å². The van der Waals surface area contributed by atoms with Crippen molar-refractivity contribution in [3.05, 3.63) is 37.5 Å². The van der Waals surface area contributed by atoms with Gasteiger partial charge in [-0.05, 0) is 13.3 Å². The third kappa shape index (κ3) is 33.3. The predicted molar refractivity (Wildman–Crippen MR) is 104 cm³/mol. The molecule has 0 aliphatic rings. The van der Waals surface area contributed by atoms with Gasteiger partial charge in [-0.25, -0.2) is 14.4 Å². The molecule has 0 spiro atoms. The van der Waals surface area contributed by atoms with Gasteiger partial charge in [-0.2, -0.15) is 0 Å². The SMILES string of the molecule is C=C(C)C(=O)O.C=CC(=O)O.C=CC(=O)OCCCCCCCCCC. The lowest BCUT2D eigenvalue weighted by Crippen LogP contribution is -2.01. The van der Waals surface area contributed by atoms with Crippen LogP contribution in [-0.2, 0) is 19.1 Å². The number of hydrogen-bond donors (Lipinski definition) is 2. The van der Waals surface area contributed by atoms with Crippen molar-refractivity contribution >= 4 is 17.9 Å². The fourth-order valence-corrected chi connectivity index (χ4v) is 1.47. The number of aliphatic carboxylic acids is 2. The van der Waals surface area contributed by atoms with Gasteiger partial charge < -0.3 is 14.9 Å². The molecule has 0 rings (SSSR count). The van der Waals surface area contributed by atoms with Crippen LogP contribution in [0.3, 0.4) is 0 Å². The summed E-state index contributed by atoms with van der Waals surface area (Å²) in [7, 11) is 0. The van der Waals surface area contributed by atoms with Crippen molar-refractivity contribution in [1.29, 1.82) is 0 Å². The average molecular weight is 370 g/mol. The molecule has 0 bridgehead atoms. The molecule has 2 N–H and O–H groups in total. The molecule has 6 heteroatoms. The number of esters is 1.